The number of nitrogens with zero attached hydrogens (tertiary/aromatic N) is 1. The number of hydrogen-bond donors (Lipinski definition) is 1. The third-order valence-corrected chi connectivity index (χ3v) is 3.00. The molecule has 3 rings (SSSR count). The molecule has 1 aromatic heterocycles. The summed E-state index contributed by atoms with van der Waals surface area (Å²) in [5.74, 6) is 1.64. The van der Waals surface area contributed by atoms with Crippen molar-refractivity contribution in [2.75, 3.05) is 0 Å². The van der Waals surface area contributed by atoms with Crippen LogP contribution in [0.5, 0.6) is 11.5 Å². The molecule has 3 aromatic rings. The van der Waals surface area contributed by atoms with Crippen LogP contribution in [-0.2, 0) is 0 Å². The van der Waals surface area contributed by atoms with Gasteiger partial charge in [0.1, 0.15) is 11.4 Å². The molecule has 2 aromatic carbocycles. The molecule has 18 heavy (non-hydrogen) atoms. The normalized spacial score (nSPS) is 10.8. The molecule has 3 nitrogen and oxygen atoms in total. The predicted octanol–water partition coefficient (Wildman–Crippen LogP) is 3.97. The first-order valence-corrected chi connectivity index (χ1v) is 5.92. The maximum absolute atomic E-state index is 5.89. The Morgan fingerprint density at radius 2 is 1.78 bits per heavy atom. The number of benzene rings is 2. The van der Waals surface area contributed by atoms with Crippen LogP contribution in [0.3, 0.4) is 0 Å². The Hall–Kier alpha value is -2.29. The van der Waals surface area contributed by atoms with Gasteiger partial charge in [-0.05, 0) is 36.8 Å². The third kappa shape index (κ3) is 1.84. The highest BCUT2D eigenvalue weighted by molar-refractivity contribution is 5.83. The van der Waals surface area contributed by atoms with Crippen molar-refractivity contribution in [1.29, 1.82) is 0 Å². The van der Waals surface area contributed by atoms with Crippen LogP contribution >= 0.6 is 0 Å². The van der Waals surface area contributed by atoms with E-state index in [4.69, 9.17) is 4.74 Å². The highest BCUT2D eigenvalue weighted by Gasteiger charge is 2.08. The van der Waals surface area contributed by atoms with Gasteiger partial charge in [0, 0.05) is 0 Å². The van der Waals surface area contributed by atoms with Crippen molar-refractivity contribution < 1.29 is 4.74 Å². The van der Waals surface area contributed by atoms with Gasteiger partial charge in [-0.2, -0.15) is 5.10 Å². The molecular weight excluding hydrogens is 224 g/mol. The summed E-state index contributed by atoms with van der Waals surface area (Å²) in [5, 5.41) is 9.43. The standard InChI is InChI=1S/C15H14N2O/c1-10-15(11(2)17-16-10)18-14-8-7-12-5-3-4-6-13(12)9-14/h3-9H,1-2H3,(H,16,17). The van der Waals surface area contributed by atoms with Crippen LogP contribution in [0.25, 0.3) is 10.8 Å². The van der Waals surface area contributed by atoms with Gasteiger partial charge in [0.15, 0.2) is 5.75 Å². The summed E-state index contributed by atoms with van der Waals surface area (Å²) in [4.78, 5) is 0. The summed E-state index contributed by atoms with van der Waals surface area (Å²) in [7, 11) is 0. The number of nitrogens with one attached hydrogen (secondary N) is 1. The van der Waals surface area contributed by atoms with Crippen LogP contribution in [0, 0.1) is 13.8 Å². The van der Waals surface area contributed by atoms with E-state index in [1.54, 1.807) is 0 Å². The molecule has 0 bridgehead atoms. The fraction of sp³-hybridized carbons (Fsp3) is 0.133. The molecule has 0 aliphatic carbocycles. The number of H-pyrrole nitrogens is 1. The van der Waals surface area contributed by atoms with E-state index >= 15 is 0 Å². The lowest BCUT2D eigenvalue weighted by Gasteiger charge is -2.06. The van der Waals surface area contributed by atoms with Crippen molar-refractivity contribution in [3.63, 3.8) is 0 Å². The maximum atomic E-state index is 5.89. The van der Waals surface area contributed by atoms with Gasteiger partial charge in [-0.1, -0.05) is 30.3 Å². The van der Waals surface area contributed by atoms with Crippen molar-refractivity contribution in [2.45, 2.75) is 13.8 Å². The van der Waals surface area contributed by atoms with Gasteiger partial charge >= 0.3 is 0 Å². The SMILES string of the molecule is Cc1n[nH]c(C)c1Oc1ccc2ccccc2c1. The number of ether oxygens (including phenoxy) is 1. The van der Waals surface area contributed by atoms with Gasteiger partial charge in [0.05, 0.1) is 5.69 Å². The van der Waals surface area contributed by atoms with Crippen LogP contribution < -0.4 is 4.74 Å². The molecule has 0 amide bonds. The predicted molar refractivity (Wildman–Crippen MR) is 72.1 cm³/mol. The third-order valence-electron chi connectivity index (χ3n) is 3.00. The zero-order chi connectivity index (χ0) is 12.5. The molecule has 0 atom stereocenters. The number of aromatic amines is 1. The second kappa shape index (κ2) is 4.18. The molecule has 3 heteroatoms. The van der Waals surface area contributed by atoms with Crippen molar-refractivity contribution in [3.05, 3.63) is 53.9 Å². The van der Waals surface area contributed by atoms with E-state index in [0.29, 0.717) is 0 Å². The van der Waals surface area contributed by atoms with E-state index < -0.39 is 0 Å². The van der Waals surface area contributed by atoms with Crippen molar-refractivity contribution in [1.82, 2.24) is 10.2 Å². The average Bonchev–Trinajstić information content (AvgIpc) is 2.70. The second-order valence-corrected chi connectivity index (χ2v) is 4.37. The Morgan fingerprint density at radius 1 is 1.00 bits per heavy atom. The van der Waals surface area contributed by atoms with E-state index in [-0.39, 0.29) is 0 Å². The molecule has 0 saturated carbocycles. The zero-order valence-corrected chi connectivity index (χ0v) is 10.4. The van der Waals surface area contributed by atoms with Crippen molar-refractivity contribution in [3.8, 4) is 11.5 Å². The Morgan fingerprint density at radius 3 is 2.50 bits per heavy atom. The van der Waals surface area contributed by atoms with E-state index in [1.807, 2.05) is 38.1 Å². The first kappa shape index (κ1) is 10.8. The summed E-state index contributed by atoms with van der Waals surface area (Å²) in [6.45, 7) is 3.89. The minimum absolute atomic E-state index is 0.810. The fourth-order valence-corrected chi connectivity index (χ4v) is 2.04. The Kier molecular flexibility index (Phi) is 2.52. The number of aryl methyl sites for hydroxylation is 2. The molecule has 1 N–H and O–H groups in total. The molecule has 0 aliphatic heterocycles. The molecule has 0 fully saturated rings. The van der Waals surface area contributed by atoms with Gasteiger partial charge in [-0.15, -0.1) is 0 Å². The van der Waals surface area contributed by atoms with Crippen molar-refractivity contribution in [2.24, 2.45) is 0 Å². The van der Waals surface area contributed by atoms with Crippen LogP contribution in [0.15, 0.2) is 42.5 Å². The number of rotatable bonds is 2. The Bertz CT molecular complexity index is 681. The van der Waals surface area contributed by atoms with Crippen LogP contribution in [0.1, 0.15) is 11.4 Å². The van der Waals surface area contributed by atoms with Crippen LogP contribution in [0.2, 0.25) is 0 Å². The summed E-state index contributed by atoms with van der Waals surface area (Å²) in [6, 6.07) is 14.3. The Balaban J connectivity index is 2.00. The lowest BCUT2D eigenvalue weighted by Crippen LogP contribution is -1.87. The average molecular weight is 238 g/mol. The smallest absolute Gasteiger partial charge is 0.170 e. The van der Waals surface area contributed by atoms with Gasteiger partial charge in [-0.3, -0.25) is 5.10 Å². The highest BCUT2D eigenvalue weighted by atomic mass is 16.5. The zero-order valence-electron chi connectivity index (χ0n) is 10.4. The van der Waals surface area contributed by atoms with Crippen LogP contribution in [-0.4, -0.2) is 10.2 Å². The van der Waals surface area contributed by atoms with Gasteiger partial charge < -0.3 is 4.74 Å². The van der Waals surface area contributed by atoms with Gasteiger partial charge in [0.25, 0.3) is 0 Å². The monoisotopic (exact) mass is 238 g/mol. The molecular formula is C15H14N2O. The second-order valence-electron chi connectivity index (χ2n) is 4.37. The molecule has 0 unspecified atom stereocenters. The Labute approximate surface area is 105 Å². The molecule has 90 valence electrons. The molecule has 0 radical (unpaired) electrons. The fourth-order valence-electron chi connectivity index (χ4n) is 2.04. The molecule has 0 saturated heterocycles. The number of aromatic nitrogens is 2. The first-order chi connectivity index (χ1) is 8.74. The topological polar surface area (TPSA) is 37.9 Å². The molecule has 0 aliphatic rings. The van der Waals surface area contributed by atoms with Crippen LogP contribution in [0.4, 0.5) is 0 Å². The van der Waals surface area contributed by atoms with Gasteiger partial charge in [-0.25, -0.2) is 0 Å². The van der Waals surface area contributed by atoms with E-state index in [0.717, 1.165) is 22.9 Å². The first-order valence-electron chi connectivity index (χ1n) is 5.92. The maximum Gasteiger partial charge on any atom is 0.170 e. The number of hydrogen-bond acceptors (Lipinski definition) is 2. The number of fused-ring (bicyclic) bond motifs is 1. The van der Waals surface area contributed by atoms with E-state index in [1.165, 1.54) is 10.8 Å². The van der Waals surface area contributed by atoms with E-state index in [2.05, 4.69) is 28.4 Å². The summed E-state index contributed by atoms with van der Waals surface area (Å²) < 4.78 is 5.89. The quantitative estimate of drug-likeness (QED) is 0.733. The van der Waals surface area contributed by atoms with Gasteiger partial charge in [0.2, 0.25) is 0 Å². The summed E-state index contributed by atoms with van der Waals surface area (Å²) >= 11 is 0. The van der Waals surface area contributed by atoms with E-state index in [9.17, 15) is 0 Å². The lowest BCUT2D eigenvalue weighted by atomic mass is 10.1. The minimum Gasteiger partial charge on any atom is -0.453 e. The minimum atomic E-state index is 0.810. The largest absolute Gasteiger partial charge is 0.453 e. The van der Waals surface area contributed by atoms with Crippen molar-refractivity contribution >= 4 is 10.8 Å². The molecule has 1 heterocycles. The molecule has 0 spiro atoms. The lowest BCUT2D eigenvalue weighted by molar-refractivity contribution is 0.476. The highest BCUT2D eigenvalue weighted by Crippen LogP contribution is 2.28. The summed E-state index contributed by atoms with van der Waals surface area (Å²) in [5.41, 5.74) is 1.82. The summed E-state index contributed by atoms with van der Waals surface area (Å²) in [6.07, 6.45) is 0.